The Morgan fingerprint density at radius 3 is 2.63 bits per heavy atom. The van der Waals surface area contributed by atoms with Crippen LogP contribution in [0.2, 0.25) is 0 Å². The molecule has 6 nitrogen and oxygen atoms in total. The Bertz CT molecular complexity index is 594. The number of nitro groups is 1. The molecule has 1 aromatic rings. The summed E-state index contributed by atoms with van der Waals surface area (Å²) in [6.45, 7) is 0.756. The van der Waals surface area contributed by atoms with Gasteiger partial charge in [0.1, 0.15) is 4.90 Å². The molecule has 0 radical (unpaired) electrons. The number of nitrogens with zero attached hydrogens (tertiary/aromatic N) is 1. The highest BCUT2D eigenvalue weighted by atomic mass is 32.2. The summed E-state index contributed by atoms with van der Waals surface area (Å²) in [5.74, 6) is 0.778. The summed E-state index contributed by atoms with van der Waals surface area (Å²) in [5, 5.41) is 13.9. The zero-order valence-electron chi connectivity index (χ0n) is 10.6. The van der Waals surface area contributed by atoms with E-state index < -0.39 is 14.8 Å². The van der Waals surface area contributed by atoms with Gasteiger partial charge in [0, 0.05) is 24.6 Å². The molecule has 0 heterocycles. The third kappa shape index (κ3) is 3.66. The van der Waals surface area contributed by atoms with E-state index in [1.54, 1.807) is 6.07 Å². The van der Waals surface area contributed by atoms with Gasteiger partial charge in [-0.2, -0.15) is 0 Å². The van der Waals surface area contributed by atoms with Crippen LogP contribution in [0.1, 0.15) is 19.3 Å². The Labute approximate surface area is 111 Å². The Kier molecular flexibility index (Phi) is 3.75. The van der Waals surface area contributed by atoms with Gasteiger partial charge in [-0.1, -0.05) is 12.8 Å². The zero-order chi connectivity index (χ0) is 14.0. The van der Waals surface area contributed by atoms with Crippen LogP contribution in [0.15, 0.2) is 23.1 Å². The summed E-state index contributed by atoms with van der Waals surface area (Å²) in [4.78, 5) is 9.89. The van der Waals surface area contributed by atoms with Crippen LogP contribution in [-0.2, 0) is 9.84 Å². The van der Waals surface area contributed by atoms with Gasteiger partial charge >= 0.3 is 0 Å². The van der Waals surface area contributed by atoms with Crippen LogP contribution in [-0.4, -0.2) is 26.1 Å². The SMILES string of the molecule is CS(=O)(=O)c1cc(NCCC2CC2)ccc1[N+](=O)[O-]. The summed E-state index contributed by atoms with van der Waals surface area (Å²) in [6.07, 6.45) is 4.54. The molecule has 19 heavy (non-hydrogen) atoms. The van der Waals surface area contributed by atoms with Crippen molar-refractivity contribution in [1.29, 1.82) is 0 Å². The van der Waals surface area contributed by atoms with E-state index in [4.69, 9.17) is 0 Å². The minimum atomic E-state index is -3.61. The van der Waals surface area contributed by atoms with Crippen LogP contribution in [0.3, 0.4) is 0 Å². The lowest BCUT2D eigenvalue weighted by Crippen LogP contribution is -2.06. The van der Waals surface area contributed by atoms with Crippen molar-refractivity contribution < 1.29 is 13.3 Å². The molecule has 2 rings (SSSR count). The molecule has 1 N–H and O–H groups in total. The van der Waals surface area contributed by atoms with Gasteiger partial charge in [0.25, 0.3) is 5.69 Å². The molecular weight excluding hydrogens is 268 g/mol. The number of hydrogen-bond donors (Lipinski definition) is 1. The molecule has 0 spiro atoms. The minimum Gasteiger partial charge on any atom is -0.385 e. The van der Waals surface area contributed by atoms with Crippen LogP contribution in [0.25, 0.3) is 0 Å². The first-order chi connectivity index (χ1) is 8.88. The first kappa shape index (κ1) is 13.8. The van der Waals surface area contributed by atoms with Crippen molar-refractivity contribution in [2.45, 2.75) is 24.2 Å². The summed E-state index contributed by atoms with van der Waals surface area (Å²) >= 11 is 0. The molecule has 0 amide bonds. The lowest BCUT2D eigenvalue weighted by atomic mass is 10.2. The highest BCUT2D eigenvalue weighted by Crippen LogP contribution is 2.32. The van der Waals surface area contributed by atoms with Gasteiger partial charge in [0.15, 0.2) is 9.84 Å². The normalized spacial score (nSPS) is 15.2. The van der Waals surface area contributed by atoms with Gasteiger partial charge < -0.3 is 5.32 Å². The standard InChI is InChI=1S/C12H16N2O4S/c1-19(17,18)12-8-10(4-5-11(12)14(15)16)13-7-6-9-2-3-9/h4-5,8-9,13H,2-3,6-7H2,1H3. The fraction of sp³-hybridized carbons (Fsp3) is 0.500. The molecule has 1 aliphatic carbocycles. The molecule has 1 aromatic carbocycles. The topological polar surface area (TPSA) is 89.3 Å². The van der Waals surface area contributed by atoms with Crippen molar-refractivity contribution in [1.82, 2.24) is 0 Å². The van der Waals surface area contributed by atoms with E-state index >= 15 is 0 Å². The van der Waals surface area contributed by atoms with E-state index in [1.165, 1.54) is 25.0 Å². The Hall–Kier alpha value is -1.63. The van der Waals surface area contributed by atoms with Gasteiger partial charge in [-0.25, -0.2) is 8.42 Å². The average molecular weight is 284 g/mol. The monoisotopic (exact) mass is 284 g/mol. The highest BCUT2D eigenvalue weighted by molar-refractivity contribution is 7.90. The first-order valence-electron chi connectivity index (χ1n) is 6.10. The second-order valence-electron chi connectivity index (χ2n) is 4.87. The fourth-order valence-corrected chi connectivity index (χ4v) is 2.76. The van der Waals surface area contributed by atoms with Crippen molar-refractivity contribution in [2.75, 3.05) is 18.1 Å². The van der Waals surface area contributed by atoms with E-state index in [0.29, 0.717) is 5.69 Å². The summed E-state index contributed by atoms with van der Waals surface area (Å²) in [6, 6.07) is 4.11. The van der Waals surface area contributed by atoms with Gasteiger partial charge in [-0.15, -0.1) is 0 Å². The maximum atomic E-state index is 11.6. The van der Waals surface area contributed by atoms with Gasteiger partial charge in [0.05, 0.1) is 4.92 Å². The first-order valence-corrected chi connectivity index (χ1v) is 7.99. The van der Waals surface area contributed by atoms with Crippen LogP contribution in [0.4, 0.5) is 11.4 Å². The third-order valence-electron chi connectivity index (χ3n) is 3.13. The fourth-order valence-electron chi connectivity index (χ4n) is 1.90. The maximum Gasteiger partial charge on any atom is 0.288 e. The van der Waals surface area contributed by atoms with E-state index in [9.17, 15) is 18.5 Å². The Morgan fingerprint density at radius 2 is 2.11 bits per heavy atom. The Balaban J connectivity index is 2.19. The predicted octanol–water partition coefficient (Wildman–Crippen LogP) is 2.21. The van der Waals surface area contributed by atoms with Crippen molar-refractivity contribution in [3.63, 3.8) is 0 Å². The number of anilines is 1. The van der Waals surface area contributed by atoms with Gasteiger partial charge in [-0.05, 0) is 24.5 Å². The molecule has 7 heteroatoms. The smallest absolute Gasteiger partial charge is 0.288 e. The van der Waals surface area contributed by atoms with Crippen LogP contribution in [0.5, 0.6) is 0 Å². The molecule has 0 unspecified atom stereocenters. The van der Waals surface area contributed by atoms with E-state index in [0.717, 1.165) is 25.1 Å². The Morgan fingerprint density at radius 1 is 1.42 bits per heavy atom. The average Bonchev–Trinajstić information content (AvgIpc) is 3.11. The van der Waals surface area contributed by atoms with Crippen LogP contribution < -0.4 is 5.32 Å². The number of hydrogen-bond acceptors (Lipinski definition) is 5. The summed E-state index contributed by atoms with van der Waals surface area (Å²) < 4.78 is 23.1. The molecule has 0 aliphatic heterocycles. The molecule has 1 saturated carbocycles. The molecule has 1 aliphatic rings. The largest absolute Gasteiger partial charge is 0.385 e. The lowest BCUT2D eigenvalue weighted by molar-refractivity contribution is -0.387. The molecule has 1 fully saturated rings. The highest BCUT2D eigenvalue weighted by Gasteiger charge is 2.23. The van der Waals surface area contributed by atoms with Crippen LogP contribution in [0, 0.1) is 16.0 Å². The minimum absolute atomic E-state index is 0.242. The van der Waals surface area contributed by atoms with Crippen molar-refractivity contribution in [3.05, 3.63) is 28.3 Å². The maximum absolute atomic E-state index is 11.6. The zero-order valence-corrected chi connectivity index (χ0v) is 11.4. The van der Waals surface area contributed by atoms with Gasteiger partial charge in [-0.3, -0.25) is 10.1 Å². The predicted molar refractivity (Wildman–Crippen MR) is 72.0 cm³/mol. The lowest BCUT2D eigenvalue weighted by Gasteiger charge is -2.08. The van der Waals surface area contributed by atoms with Crippen molar-refractivity contribution in [3.8, 4) is 0 Å². The second-order valence-corrected chi connectivity index (χ2v) is 6.85. The van der Waals surface area contributed by atoms with E-state index in [-0.39, 0.29) is 10.6 Å². The molecule has 0 bridgehead atoms. The molecule has 104 valence electrons. The number of benzene rings is 1. The molecular formula is C12H16N2O4S. The van der Waals surface area contributed by atoms with E-state index in [1.807, 2.05) is 0 Å². The number of rotatable bonds is 6. The molecule has 0 aromatic heterocycles. The third-order valence-corrected chi connectivity index (χ3v) is 4.26. The second kappa shape index (κ2) is 5.16. The van der Waals surface area contributed by atoms with E-state index in [2.05, 4.69) is 5.32 Å². The number of nitro benzene ring substituents is 1. The summed E-state index contributed by atoms with van der Waals surface area (Å²) in [7, 11) is -3.61. The number of nitrogens with one attached hydrogen (secondary N) is 1. The molecule has 0 saturated heterocycles. The number of sulfone groups is 1. The van der Waals surface area contributed by atoms with Crippen molar-refractivity contribution in [2.24, 2.45) is 5.92 Å². The van der Waals surface area contributed by atoms with Crippen molar-refractivity contribution >= 4 is 21.2 Å². The van der Waals surface area contributed by atoms with Crippen LogP contribution >= 0.6 is 0 Å². The molecule has 0 atom stereocenters. The quantitative estimate of drug-likeness (QED) is 0.639. The van der Waals surface area contributed by atoms with Gasteiger partial charge in [0.2, 0.25) is 0 Å². The summed E-state index contributed by atoms with van der Waals surface area (Å²) in [5.41, 5.74) is 0.224.